The van der Waals surface area contributed by atoms with Crippen LogP contribution in [-0.2, 0) is 17.1 Å². The molecule has 1 aromatic rings. The predicted octanol–water partition coefficient (Wildman–Crippen LogP) is 1.51. The van der Waals surface area contributed by atoms with Crippen molar-refractivity contribution in [2.45, 2.75) is 37.3 Å². The zero-order valence-corrected chi connectivity index (χ0v) is 12.2. The van der Waals surface area contributed by atoms with Crippen molar-refractivity contribution in [3.8, 4) is 0 Å². The van der Waals surface area contributed by atoms with E-state index in [2.05, 4.69) is 4.98 Å². The van der Waals surface area contributed by atoms with E-state index in [1.165, 1.54) is 4.31 Å². The Morgan fingerprint density at radius 1 is 1.56 bits per heavy atom. The van der Waals surface area contributed by atoms with E-state index in [1.807, 2.05) is 0 Å². The smallest absolute Gasteiger partial charge is 0.262 e. The predicted molar refractivity (Wildman–Crippen MR) is 70.2 cm³/mol. The van der Waals surface area contributed by atoms with Gasteiger partial charge in [-0.15, -0.1) is 11.6 Å². The normalized spacial score (nSPS) is 17.1. The number of imidazole rings is 1. The van der Waals surface area contributed by atoms with Crippen molar-refractivity contribution in [1.29, 1.82) is 0 Å². The maximum Gasteiger partial charge on any atom is 0.262 e. The lowest BCUT2D eigenvalue weighted by Crippen LogP contribution is -2.45. The lowest BCUT2D eigenvalue weighted by Gasteiger charge is -2.35. The molecule has 0 aromatic carbocycles. The maximum absolute atomic E-state index is 12.5. The Morgan fingerprint density at radius 3 is 2.61 bits per heavy atom. The van der Waals surface area contributed by atoms with Crippen LogP contribution in [0, 0.1) is 6.92 Å². The second-order valence-electron chi connectivity index (χ2n) is 4.63. The Morgan fingerprint density at radius 2 is 2.22 bits per heavy atom. The summed E-state index contributed by atoms with van der Waals surface area (Å²) in [5.41, 5.74) is 0. The summed E-state index contributed by atoms with van der Waals surface area (Å²) in [6.07, 6.45) is 4.48. The number of nitrogens with zero attached hydrogens (tertiary/aromatic N) is 3. The number of aromatic nitrogens is 2. The average Bonchev–Trinajstić information content (AvgIpc) is 2.57. The summed E-state index contributed by atoms with van der Waals surface area (Å²) in [6, 6.07) is 0.0936. The Hall–Kier alpha value is -0.590. The minimum absolute atomic E-state index is 0.0936. The van der Waals surface area contributed by atoms with Gasteiger partial charge in [0.15, 0.2) is 5.03 Å². The van der Waals surface area contributed by atoms with Crippen molar-refractivity contribution < 1.29 is 8.42 Å². The van der Waals surface area contributed by atoms with E-state index in [0.717, 1.165) is 19.3 Å². The molecule has 5 nitrogen and oxygen atoms in total. The molecule has 1 saturated carbocycles. The van der Waals surface area contributed by atoms with Crippen LogP contribution in [0.2, 0.25) is 0 Å². The van der Waals surface area contributed by atoms with E-state index in [-0.39, 0.29) is 11.1 Å². The van der Waals surface area contributed by atoms with Crippen molar-refractivity contribution in [1.82, 2.24) is 13.9 Å². The molecule has 1 heterocycles. The number of hydrogen-bond donors (Lipinski definition) is 0. The van der Waals surface area contributed by atoms with Gasteiger partial charge in [0.05, 0.1) is 0 Å². The number of aryl methyl sites for hydroxylation is 2. The van der Waals surface area contributed by atoms with Gasteiger partial charge in [0.1, 0.15) is 5.82 Å². The zero-order valence-electron chi connectivity index (χ0n) is 10.6. The molecule has 0 aliphatic heterocycles. The van der Waals surface area contributed by atoms with Gasteiger partial charge in [0.2, 0.25) is 0 Å². The van der Waals surface area contributed by atoms with Crippen LogP contribution >= 0.6 is 11.6 Å². The van der Waals surface area contributed by atoms with E-state index in [1.54, 1.807) is 24.7 Å². The largest absolute Gasteiger partial charge is 0.337 e. The molecule has 0 amide bonds. The quantitative estimate of drug-likeness (QED) is 0.773. The van der Waals surface area contributed by atoms with Crippen molar-refractivity contribution in [3.63, 3.8) is 0 Å². The van der Waals surface area contributed by atoms with Crippen LogP contribution in [0.3, 0.4) is 0 Å². The summed E-state index contributed by atoms with van der Waals surface area (Å²) >= 11 is 5.72. The Labute approximate surface area is 113 Å². The molecule has 0 unspecified atom stereocenters. The number of sulfonamides is 1. The molecule has 0 N–H and O–H groups in total. The number of rotatable bonds is 5. The molecule has 7 heteroatoms. The van der Waals surface area contributed by atoms with Crippen LogP contribution in [0.5, 0.6) is 0 Å². The topological polar surface area (TPSA) is 55.2 Å². The molecule has 0 saturated heterocycles. The van der Waals surface area contributed by atoms with E-state index >= 15 is 0 Å². The lowest BCUT2D eigenvalue weighted by molar-refractivity contribution is 0.227. The SMILES string of the molecule is Cc1nc(S(=O)(=O)N(CCCl)C2CCC2)cn1C. The highest BCUT2D eigenvalue weighted by Crippen LogP contribution is 2.29. The highest BCUT2D eigenvalue weighted by Gasteiger charge is 2.35. The van der Waals surface area contributed by atoms with Crippen molar-refractivity contribution in [2.75, 3.05) is 12.4 Å². The molecule has 18 heavy (non-hydrogen) atoms. The summed E-state index contributed by atoms with van der Waals surface area (Å²) in [4.78, 5) is 4.12. The fraction of sp³-hybridized carbons (Fsp3) is 0.727. The van der Waals surface area contributed by atoms with E-state index in [4.69, 9.17) is 11.6 Å². The molecule has 0 spiro atoms. The van der Waals surface area contributed by atoms with E-state index in [0.29, 0.717) is 18.2 Å². The van der Waals surface area contributed by atoms with Gasteiger partial charge in [-0.25, -0.2) is 13.4 Å². The van der Waals surface area contributed by atoms with Crippen LogP contribution in [0.25, 0.3) is 0 Å². The van der Waals surface area contributed by atoms with Crippen LogP contribution in [0.1, 0.15) is 25.1 Å². The third kappa shape index (κ3) is 2.41. The molecule has 1 aromatic heterocycles. The Balaban J connectivity index is 2.32. The van der Waals surface area contributed by atoms with E-state index < -0.39 is 10.0 Å². The molecule has 2 rings (SSSR count). The molecule has 1 aliphatic rings. The van der Waals surface area contributed by atoms with Gasteiger partial charge in [-0.05, 0) is 19.8 Å². The van der Waals surface area contributed by atoms with Crippen LogP contribution in [0.15, 0.2) is 11.2 Å². The van der Waals surface area contributed by atoms with Crippen molar-refractivity contribution >= 4 is 21.6 Å². The molecular formula is C11H18ClN3O2S. The summed E-state index contributed by atoms with van der Waals surface area (Å²) in [7, 11) is -1.72. The zero-order chi connectivity index (χ0) is 13.3. The minimum Gasteiger partial charge on any atom is -0.337 e. The first kappa shape index (κ1) is 13.8. The molecule has 1 fully saturated rings. The van der Waals surface area contributed by atoms with Crippen LogP contribution in [0.4, 0.5) is 0 Å². The number of hydrogen-bond acceptors (Lipinski definition) is 3. The Bertz CT molecular complexity index is 503. The standard InChI is InChI=1S/C11H18ClN3O2S/c1-9-13-11(8-14(9)2)18(16,17)15(7-6-12)10-4-3-5-10/h8,10H,3-7H2,1-2H3. The van der Waals surface area contributed by atoms with Crippen LogP contribution < -0.4 is 0 Å². The van der Waals surface area contributed by atoms with Gasteiger partial charge in [-0.1, -0.05) is 6.42 Å². The highest BCUT2D eigenvalue weighted by atomic mass is 35.5. The summed E-state index contributed by atoms with van der Waals surface area (Å²) in [6.45, 7) is 2.14. The Kier molecular flexibility index (Phi) is 3.99. The molecule has 0 atom stereocenters. The summed E-state index contributed by atoms with van der Waals surface area (Å²) in [5, 5.41) is 0.125. The first-order chi connectivity index (χ1) is 8.46. The first-order valence-corrected chi connectivity index (χ1v) is 8.02. The van der Waals surface area contributed by atoms with Gasteiger partial charge in [0, 0.05) is 31.7 Å². The summed E-state index contributed by atoms with van der Waals surface area (Å²) < 4.78 is 28.2. The van der Waals surface area contributed by atoms with Gasteiger partial charge in [-0.3, -0.25) is 0 Å². The molecule has 102 valence electrons. The second kappa shape index (κ2) is 5.19. The van der Waals surface area contributed by atoms with Crippen molar-refractivity contribution in [2.24, 2.45) is 7.05 Å². The van der Waals surface area contributed by atoms with Gasteiger partial charge in [0.25, 0.3) is 10.0 Å². The maximum atomic E-state index is 12.5. The van der Waals surface area contributed by atoms with E-state index in [9.17, 15) is 8.42 Å². The second-order valence-corrected chi connectivity index (χ2v) is 6.84. The van der Waals surface area contributed by atoms with Crippen molar-refractivity contribution in [3.05, 3.63) is 12.0 Å². The molecule has 1 aliphatic carbocycles. The summed E-state index contributed by atoms with van der Waals surface area (Å²) in [5.74, 6) is 0.995. The average molecular weight is 292 g/mol. The molecule has 0 radical (unpaired) electrons. The minimum atomic E-state index is -3.51. The third-order valence-corrected chi connectivity index (χ3v) is 5.44. The number of halogens is 1. The van der Waals surface area contributed by atoms with Crippen LogP contribution in [-0.4, -0.2) is 40.7 Å². The molecular weight excluding hydrogens is 274 g/mol. The van der Waals surface area contributed by atoms with Gasteiger partial charge in [-0.2, -0.15) is 4.31 Å². The third-order valence-electron chi connectivity index (χ3n) is 3.45. The number of alkyl halides is 1. The fourth-order valence-corrected chi connectivity index (χ4v) is 4.02. The van der Waals surface area contributed by atoms with Gasteiger partial charge < -0.3 is 4.57 Å². The van der Waals surface area contributed by atoms with Gasteiger partial charge >= 0.3 is 0 Å². The highest BCUT2D eigenvalue weighted by molar-refractivity contribution is 7.89. The fourth-order valence-electron chi connectivity index (χ4n) is 2.03. The first-order valence-electron chi connectivity index (χ1n) is 6.04. The monoisotopic (exact) mass is 291 g/mol. The lowest BCUT2D eigenvalue weighted by atomic mass is 9.93. The molecule has 0 bridgehead atoms.